The van der Waals surface area contributed by atoms with Gasteiger partial charge in [-0.1, -0.05) is 30.3 Å². The number of urea groups is 1. The van der Waals surface area contributed by atoms with Gasteiger partial charge in [0.05, 0.1) is 17.1 Å². The molecule has 0 saturated heterocycles. The number of benzene rings is 2. The van der Waals surface area contributed by atoms with Crippen LogP contribution < -0.4 is 15.8 Å². The van der Waals surface area contributed by atoms with Crippen molar-refractivity contribution in [2.75, 3.05) is 5.32 Å². The largest absolute Gasteiger partial charge is 0.334 e. The minimum absolute atomic E-state index is 0.0134. The Morgan fingerprint density at radius 3 is 2.34 bits per heavy atom. The van der Waals surface area contributed by atoms with Gasteiger partial charge >= 0.3 is 6.03 Å². The SMILES string of the molecule is Cc1nn(Cc2ccccc2)c(C)c1CNC(=O)Nc1ccc(S(N)(=O)=O)cc1. The molecule has 0 aliphatic carbocycles. The number of nitrogens with zero attached hydrogens (tertiary/aromatic N) is 2. The number of amides is 2. The lowest BCUT2D eigenvalue weighted by Crippen LogP contribution is -2.28. The van der Waals surface area contributed by atoms with Crippen LogP contribution in [0.5, 0.6) is 0 Å². The topological polar surface area (TPSA) is 119 Å². The molecule has 0 spiro atoms. The van der Waals surface area contributed by atoms with Crippen LogP contribution in [0.4, 0.5) is 10.5 Å². The zero-order valence-corrected chi connectivity index (χ0v) is 17.0. The lowest BCUT2D eigenvalue weighted by atomic mass is 10.2. The van der Waals surface area contributed by atoms with E-state index < -0.39 is 16.1 Å². The van der Waals surface area contributed by atoms with Crippen LogP contribution in [0.15, 0.2) is 59.5 Å². The number of primary sulfonamides is 1. The van der Waals surface area contributed by atoms with Crippen molar-refractivity contribution < 1.29 is 13.2 Å². The fourth-order valence-electron chi connectivity index (χ4n) is 2.97. The first-order valence-electron chi connectivity index (χ1n) is 8.98. The lowest BCUT2D eigenvalue weighted by Gasteiger charge is -2.09. The first kappa shape index (κ1) is 20.6. The first-order valence-corrected chi connectivity index (χ1v) is 10.5. The number of aromatic nitrogens is 2. The van der Waals surface area contributed by atoms with E-state index in [2.05, 4.69) is 15.7 Å². The van der Waals surface area contributed by atoms with Gasteiger partial charge in [0.1, 0.15) is 0 Å². The Labute approximate surface area is 169 Å². The summed E-state index contributed by atoms with van der Waals surface area (Å²) in [4.78, 5) is 12.2. The Balaban J connectivity index is 1.61. The molecule has 1 heterocycles. The maximum Gasteiger partial charge on any atom is 0.319 e. The number of rotatable bonds is 6. The van der Waals surface area contributed by atoms with Gasteiger partial charge in [-0.15, -0.1) is 0 Å². The van der Waals surface area contributed by atoms with E-state index in [1.54, 1.807) is 0 Å². The molecule has 0 aliphatic rings. The van der Waals surface area contributed by atoms with Crippen LogP contribution in [0.25, 0.3) is 0 Å². The highest BCUT2D eigenvalue weighted by molar-refractivity contribution is 7.89. The van der Waals surface area contributed by atoms with Gasteiger partial charge in [0, 0.05) is 23.5 Å². The van der Waals surface area contributed by atoms with Crippen molar-refractivity contribution >= 4 is 21.7 Å². The summed E-state index contributed by atoms with van der Waals surface area (Å²) in [7, 11) is -3.76. The predicted molar refractivity (Wildman–Crippen MR) is 111 cm³/mol. The Bertz CT molecular complexity index is 1110. The maximum atomic E-state index is 12.2. The molecule has 2 amide bonds. The van der Waals surface area contributed by atoms with E-state index in [4.69, 9.17) is 5.14 Å². The van der Waals surface area contributed by atoms with E-state index in [0.29, 0.717) is 18.8 Å². The molecule has 0 radical (unpaired) electrons. The van der Waals surface area contributed by atoms with Gasteiger partial charge in [0.25, 0.3) is 0 Å². The minimum atomic E-state index is -3.76. The van der Waals surface area contributed by atoms with E-state index in [-0.39, 0.29) is 4.90 Å². The normalized spacial score (nSPS) is 11.3. The van der Waals surface area contributed by atoms with Crippen molar-refractivity contribution in [2.24, 2.45) is 5.14 Å². The fourth-order valence-corrected chi connectivity index (χ4v) is 3.49. The van der Waals surface area contributed by atoms with E-state index >= 15 is 0 Å². The number of sulfonamides is 1. The number of aryl methyl sites for hydroxylation is 1. The van der Waals surface area contributed by atoms with Crippen LogP contribution in [0.3, 0.4) is 0 Å². The van der Waals surface area contributed by atoms with Crippen LogP contribution >= 0.6 is 0 Å². The molecule has 1 aromatic heterocycles. The first-order chi connectivity index (χ1) is 13.7. The molecule has 3 rings (SSSR count). The van der Waals surface area contributed by atoms with Gasteiger partial charge in [-0.3, -0.25) is 4.68 Å². The molecule has 0 fully saturated rings. The average Bonchev–Trinajstić information content (AvgIpc) is 2.93. The van der Waals surface area contributed by atoms with Crippen molar-refractivity contribution in [1.29, 1.82) is 0 Å². The van der Waals surface area contributed by atoms with Crippen molar-refractivity contribution in [3.05, 3.63) is 77.1 Å². The third kappa shape index (κ3) is 5.21. The highest BCUT2D eigenvalue weighted by Gasteiger charge is 2.13. The van der Waals surface area contributed by atoms with Crippen LogP contribution in [0, 0.1) is 13.8 Å². The second-order valence-electron chi connectivity index (χ2n) is 6.67. The molecule has 2 aromatic carbocycles. The Morgan fingerprint density at radius 2 is 1.72 bits per heavy atom. The Kier molecular flexibility index (Phi) is 6.00. The van der Waals surface area contributed by atoms with Crippen molar-refractivity contribution in [3.8, 4) is 0 Å². The molecule has 152 valence electrons. The summed E-state index contributed by atoms with van der Waals surface area (Å²) in [6.45, 7) is 4.88. The molecule has 9 heteroatoms. The fraction of sp³-hybridized carbons (Fsp3) is 0.200. The van der Waals surface area contributed by atoms with E-state index in [0.717, 1.165) is 22.5 Å². The molecule has 4 N–H and O–H groups in total. The number of carbonyl (C=O) groups excluding carboxylic acids is 1. The van der Waals surface area contributed by atoms with Crippen molar-refractivity contribution in [3.63, 3.8) is 0 Å². The smallest absolute Gasteiger partial charge is 0.319 e. The van der Waals surface area contributed by atoms with Gasteiger partial charge < -0.3 is 10.6 Å². The minimum Gasteiger partial charge on any atom is -0.334 e. The summed E-state index contributed by atoms with van der Waals surface area (Å²) in [5, 5.41) is 15.1. The molecular formula is C20H23N5O3S. The number of hydrogen-bond donors (Lipinski definition) is 3. The molecule has 0 bridgehead atoms. The van der Waals surface area contributed by atoms with Gasteiger partial charge in [-0.25, -0.2) is 18.4 Å². The van der Waals surface area contributed by atoms with E-state index in [1.165, 1.54) is 24.3 Å². The predicted octanol–water partition coefficient (Wildman–Crippen LogP) is 2.52. The van der Waals surface area contributed by atoms with Crippen LogP contribution in [0.2, 0.25) is 0 Å². The van der Waals surface area contributed by atoms with E-state index in [1.807, 2.05) is 48.9 Å². The van der Waals surface area contributed by atoms with Gasteiger partial charge in [-0.05, 0) is 43.7 Å². The molecule has 3 aromatic rings. The van der Waals surface area contributed by atoms with Crippen molar-refractivity contribution in [1.82, 2.24) is 15.1 Å². The second-order valence-corrected chi connectivity index (χ2v) is 8.23. The number of nitrogens with two attached hydrogens (primary N) is 1. The number of carbonyl (C=O) groups is 1. The van der Waals surface area contributed by atoms with Crippen LogP contribution in [-0.2, 0) is 23.1 Å². The number of nitrogens with one attached hydrogen (secondary N) is 2. The molecule has 0 atom stereocenters. The highest BCUT2D eigenvalue weighted by atomic mass is 32.2. The Morgan fingerprint density at radius 1 is 1.07 bits per heavy atom. The van der Waals surface area contributed by atoms with Crippen LogP contribution in [-0.4, -0.2) is 24.2 Å². The maximum absolute atomic E-state index is 12.2. The second kappa shape index (κ2) is 8.46. The third-order valence-electron chi connectivity index (χ3n) is 4.57. The molecule has 0 aliphatic heterocycles. The molecule has 0 unspecified atom stereocenters. The van der Waals surface area contributed by atoms with Gasteiger partial charge in [0.2, 0.25) is 10.0 Å². The summed E-state index contributed by atoms with van der Waals surface area (Å²) < 4.78 is 24.5. The van der Waals surface area contributed by atoms with Crippen LogP contribution in [0.1, 0.15) is 22.5 Å². The standard InChI is InChI=1S/C20H23N5O3S/c1-14-19(15(2)25(24-14)13-16-6-4-3-5-7-16)12-22-20(26)23-17-8-10-18(11-9-17)29(21,27)28/h3-11H,12-13H2,1-2H3,(H2,21,27,28)(H2,22,23,26). The summed E-state index contributed by atoms with van der Waals surface area (Å²) in [5.41, 5.74) is 4.42. The van der Waals surface area contributed by atoms with Gasteiger partial charge in [0.15, 0.2) is 0 Å². The summed E-state index contributed by atoms with van der Waals surface area (Å²) in [6.07, 6.45) is 0. The summed E-state index contributed by atoms with van der Waals surface area (Å²) in [6, 6.07) is 15.3. The monoisotopic (exact) mass is 413 g/mol. The summed E-state index contributed by atoms with van der Waals surface area (Å²) >= 11 is 0. The molecule has 0 saturated carbocycles. The summed E-state index contributed by atoms with van der Waals surface area (Å²) in [5.74, 6) is 0. The zero-order valence-electron chi connectivity index (χ0n) is 16.2. The molecular weight excluding hydrogens is 390 g/mol. The molecule has 8 nitrogen and oxygen atoms in total. The van der Waals surface area contributed by atoms with Gasteiger partial charge in [-0.2, -0.15) is 5.10 Å². The highest BCUT2D eigenvalue weighted by Crippen LogP contribution is 2.15. The zero-order chi connectivity index (χ0) is 21.0. The van der Waals surface area contributed by atoms with Crippen molar-refractivity contribution in [2.45, 2.75) is 31.8 Å². The average molecular weight is 414 g/mol. The number of anilines is 1. The van der Waals surface area contributed by atoms with E-state index in [9.17, 15) is 13.2 Å². The quantitative estimate of drug-likeness (QED) is 0.575. The lowest BCUT2D eigenvalue weighted by molar-refractivity contribution is 0.251. The number of hydrogen-bond acceptors (Lipinski definition) is 4. The molecule has 29 heavy (non-hydrogen) atoms. The third-order valence-corrected chi connectivity index (χ3v) is 5.50. The Hall–Kier alpha value is -3.17.